The Morgan fingerprint density at radius 2 is 1.81 bits per heavy atom. The second-order valence-corrected chi connectivity index (χ2v) is 8.42. The first-order valence-corrected chi connectivity index (χ1v) is 10.8. The fourth-order valence-corrected chi connectivity index (χ4v) is 4.06. The summed E-state index contributed by atoms with van der Waals surface area (Å²) < 4.78 is 12.6. The van der Waals surface area contributed by atoms with Crippen LogP contribution in [0.2, 0.25) is 5.28 Å². The molecule has 3 heterocycles. The molecule has 3 aromatic rings. The Labute approximate surface area is 214 Å². The minimum absolute atomic E-state index is 0. The number of rotatable bonds is 9. The first-order valence-electron chi connectivity index (χ1n) is 10.4. The van der Waals surface area contributed by atoms with Gasteiger partial charge in [0.25, 0.3) is 5.60 Å². The highest BCUT2D eigenvalue weighted by molar-refractivity contribution is 6.28. The number of aliphatic carboxylic acids is 2. The van der Waals surface area contributed by atoms with Gasteiger partial charge in [-0.25, -0.2) is 19.4 Å². The Morgan fingerprint density at radius 1 is 1.16 bits per heavy atom. The summed E-state index contributed by atoms with van der Waals surface area (Å²) in [5.74, 6) is -4.67. The van der Waals surface area contributed by atoms with Gasteiger partial charge in [0.1, 0.15) is 11.6 Å². The highest BCUT2D eigenvalue weighted by atomic mass is 35.5. The number of nitrogens with two attached hydrogens (primary N) is 1. The summed E-state index contributed by atoms with van der Waals surface area (Å²) in [4.78, 5) is 47.1. The number of imidazole rings is 1. The van der Waals surface area contributed by atoms with Crippen molar-refractivity contribution in [1.29, 1.82) is 0 Å². The topological polar surface area (TPSA) is 220 Å². The van der Waals surface area contributed by atoms with E-state index in [9.17, 15) is 29.7 Å². The molecule has 2 aromatic heterocycles. The van der Waals surface area contributed by atoms with Gasteiger partial charge in [-0.2, -0.15) is 9.97 Å². The fourth-order valence-electron chi connectivity index (χ4n) is 3.89. The van der Waals surface area contributed by atoms with E-state index in [1.165, 1.54) is 35.2 Å². The quantitative estimate of drug-likeness (QED) is 0.191. The number of nitrogen functional groups attached to an aromatic ring is 1. The average Bonchev–Trinajstić information content (AvgIpc) is 3.39. The maximum atomic E-state index is 12.0. The molecule has 1 aliphatic rings. The van der Waals surface area contributed by atoms with Crippen LogP contribution in [0.5, 0.6) is 0 Å². The lowest BCUT2D eigenvalue weighted by molar-refractivity contribution is -0.188. The molecule has 3 atom stereocenters. The van der Waals surface area contributed by atoms with E-state index in [-0.39, 0.29) is 47.2 Å². The number of fused-ring (bicyclic) bond motifs is 1. The van der Waals surface area contributed by atoms with Crippen molar-refractivity contribution in [2.75, 3.05) is 12.3 Å². The van der Waals surface area contributed by atoms with Gasteiger partial charge in [-0.05, 0) is 29.3 Å². The van der Waals surface area contributed by atoms with Crippen molar-refractivity contribution < 1.29 is 44.3 Å². The maximum absolute atomic E-state index is 12.0. The summed E-state index contributed by atoms with van der Waals surface area (Å²) in [7, 11) is 0. The summed E-state index contributed by atoms with van der Waals surface area (Å²) >= 11 is 5.87. The number of hydrogen-bond acceptors (Lipinski definition) is 10. The van der Waals surface area contributed by atoms with Crippen LogP contribution in [0.4, 0.5) is 5.82 Å². The van der Waals surface area contributed by atoms with Crippen LogP contribution >= 0.6 is 11.6 Å². The summed E-state index contributed by atoms with van der Waals surface area (Å²) in [5.41, 5.74) is 3.73. The lowest BCUT2D eigenvalue weighted by atomic mass is 9.93. The lowest BCUT2D eigenvalue weighted by Gasteiger charge is -2.27. The number of aromatic nitrogens is 4. The van der Waals surface area contributed by atoms with Gasteiger partial charge in [-0.3, -0.25) is 4.57 Å². The number of carboxylic acid groups (broad SMARTS) is 3. The molecular weight excluding hydrogens is 514 g/mol. The average molecular weight is 538 g/mol. The van der Waals surface area contributed by atoms with Gasteiger partial charge in [0.2, 0.25) is 5.28 Å². The number of aromatic carboxylic acids is 1. The molecule has 1 aliphatic heterocycles. The van der Waals surface area contributed by atoms with Crippen LogP contribution in [-0.4, -0.2) is 82.3 Å². The molecule has 0 saturated carbocycles. The Hall–Kier alpha value is -3.85. The van der Waals surface area contributed by atoms with Crippen LogP contribution in [0, 0.1) is 0 Å². The lowest BCUT2D eigenvalue weighted by Crippen LogP contribution is -2.52. The summed E-state index contributed by atoms with van der Waals surface area (Å²) in [6, 6.07) is 5.07. The minimum Gasteiger partial charge on any atom is -0.479 e. The van der Waals surface area contributed by atoms with Crippen LogP contribution in [-0.2, 0) is 25.5 Å². The molecule has 1 aromatic carbocycles. The summed E-state index contributed by atoms with van der Waals surface area (Å²) in [6.45, 7) is -0.482. The van der Waals surface area contributed by atoms with Crippen LogP contribution in [0.1, 0.15) is 36.0 Å². The monoisotopic (exact) mass is 537 g/mol. The van der Waals surface area contributed by atoms with E-state index in [2.05, 4.69) is 15.0 Å². The van der Waals surface area contributed by atoms with Crippen LogP contribution in [0.15, 0.2) is 30.6 Å². The molecule has 0 spiro atoms. The predicted octanol–water partition coefficient (Wildman–Crippen LogP) is 1.21. The predicted molar refractivity (Wildman–Crippen MR) is 127 cm³/mol. The molecule has 0 radical (unpaired) electrons. The molecule has 14 nitrogen and oxygen atoms in total. The molecule has 198 valence electrons. The third kappa shape index (κ3) is 5.32. The largest absolute Gasteiger partial charge is 0.479 e. The number of hydrogen-bond donors (Lipinski definition) is 5. The molecule has 0 aliphatic carbocycles. The maximum Gasteiger partial charge on any atom is 0.348 e. The van der Waals surface area contributed by atoms with E-state index in [1.807, 2.05) is 0 Å². The number of aliphatic hydroxyl groups is 1. The van der Waals surface area contributed by atoms with Gasteiger partial charge >= 0.3 is 17.9 Å². The van der Waals surface area contributed by atoms with Crippen molar-refractivity contribution in [3.8, 4) is 0 Å². The van der Waals surface area contributed by atoms with Crippen LogP contribution < -0.4 is 5.73 Å². The summed E-state index contributed by atoms with van der Waals surface area (Å²) in [6.07, 6.45) is -2.27. The van der Waals surface area contributed by atoms with E-state index in [4.69, 9.17) is 31.9 Å². The number of aliphatic hydroxyl groups excluding tert-OH is 1. The number of ether oxygens (including phenoxy) is 2. The van der Waals surface area contributed by atoms with Gasteiger partial charge in [-0.1, -0.05) is 19.6 Å². The smallest absolute Gasteiger partial charge is 0.348 e. The first-order chi connectivity index (χ1) is 17.0. The van der Waals surface area contributed by atoms with Gasteiger partial charge in [0.15, 0.2) is 17.7 Å². The second-order valence-electron chi connectivity index (χ2n) is 8.08. The van der Waals surface area contributed by atoms with E-state index in [0.717, 1.165) is 0 Å². The van der Waals surface area contributed by atoms with Crippen molar-refractivity contribution >= 4 is 46.5 Å². The van der Waals surface area contributed by atoms with Gasteiger partial charge < -0.3 is 35.6 Å². The molecule has 0 amide bonds. The standard InChI is InChI=1S/C21H20ClN5O9.CH4/c22-20-25-14(23)13-15(26-20)27(8-24-13)16-12(28)5-11(36-16)7-35-21(18(31)32,19(33)34)6-9-1-3-10(4-2-9)17(29)30;/h1-4,8,11-12,16,28H,5-7H2,(H,29,30)(H,31,32)(H,33,34)(H2,23,25,26);1H4/t11-,12+,16+;/m0./s1. The molecule has 1 fully saturated rings. The van der Waals surface area contributed by atoms with Gasteiger partial charge in [0.05, 0.1) is 24.6 Å². The third-order valence-corrected chi connectivity index (χ3v) is 5.89. The number of carbonyl (C=O) groups is 3. The summed E-state index contributed by atoms with van der Waals surface area (Å²) in [5, 5.41) is 39.0. The van der Waals surface area contributed by atoms with Crippen LogP contribution in [0.25, 0.3) is 11.2 Å². The molecule has 1 saturated heterocycles. The number of halogens is 1. The molecule has 15 heteroatoms. The SMILES string of the molecule is C.Nc1nc(Cl)nc2c1ncn2[C@@H]1O[C@H](COC(Cc2ccc(C(=O)O)cc2)(C(=O)O)C(=O)O)C[C@H]1O. The molecule has 0 bridgehead atoms. The number of nitrogens with zero attached hydrogens (tertiary/aromatic N) is 4. The van der Waals surface area contributed by atoms with E-state index >= 15 is 0 Å². The first kappa shape index (κ1) is 27.7. The highest BCUT2D eigenvalue weighted by Gasteiger charge is 2.49. The van der Waals surface area contributed by atoms with Crippen LogP contribution in [0.3, 0.4) is 0 Å². The zero-order valence-corrected chi connectivity index (χ0v) is 19.1. The molecule has 37 heavy (non-hydrogen) atoms. The zero-order chi connectivity index (χ0) is 26.2. The number of carboxylic acids is 3. The third-order valence-electron chi connectivity index (χ3n) is 5.72. The minimum atomic E-state index is -2.69. The highest BCUT2D eigenvalue weighted by Crippen LogP contribution is 2.33. The van der Waals surface area contributed by atoms with Crippen molar-refractivity contribution in [2.45, 2.75) is 44.3 Å². The normalized spacial score (nSPS) is 19.5. The number of benzene rings is 1. The van der Waals surface area contributed by atoms with Crippen molar-refractivity contribution in [1.82, 2.24) is 19.5 Å². The van der Waals surface area contributed by atoms with E-state index in [1.54, 1.807) is 0 Å². The molecule has 0 unspecified atom stereocenters. The van der Waals surface area contributed by atoms with Crippen molar-refractivity contribution in [3.05, 3.63) is 47.0 Å². The van der Waals surface area contributed by atoms with Gasteiger partial charge in [-0.15, -0.1) is 0 Å². The van der Waals surface area contributed by atoms with Crippen molar-refractivity contribution in [2.24, 2.45) is 0 Å². The zero-order valence-electron chi connectivity index (χ0n) is 18.3. The Balaban J connectivity index is 0.00000380. The molecule has 4 rings (SSSR count). The Kier molecular flexibility index (Phi) is 7.97. The van der Waals surface area contributed by atoms with Gasteiger partial charge in [0, 0.05) is 12.8 Å². The van der Waals surface area contributed by atoms with E-state index < -0.39 is 55.0 Å². The second kappa shape index (κ2) is 10.6. The van der Waals surface area contributed by atoms with Crippen molar-refractivity contribution in [3.63, 3.8) is 0 Å². The van der Waals surface area contributed by atoms with E-state index in [0.29, 0.717) is 0 Å². The fraction of sp³-hybridized carbons (Fsp3) is 0.364. The number of anilines is 1. The Bertz CT molecular complexity index is 1320. The Morgan fingerprint density at radius 3 is 2.41 bits per heavy atom. The molecule has 6 N–H and O–H groups in total. The molecular formula is C22H24ClN5O9.